The van der Waals surface area contributed by atoms with E-state index >= 15 is 0 Å². The summed E-state index contributed by atoms with van der Waals surface area (Å²) in [7, 11) is 0. The van der Waals surface area contributed by atoms with E-state index in [4.69, 9.17) is 21.1 Å². The number of rotatable bonds is 2. The Balaban J connectivity index is 2.07. The molecule has 80 valence electrons. The lowest BCUT2D eigenvalue weighted by Gasteiger charge is -2.16. The normalized spacial score (nSPS) is 19.9. The lowest BCUT2D eigenvalue weighted by Crippen LogP contribution is -2.21. The number of ether oxygens (including phenoxy) is 2. The first kappa shape index (κ1) is 10.7. The molecule has 1 fully saturated rings. The van der Waals surface area contributed by atoms with Crippen molar-refractivity contribution in [3.8, 4) is 0 Å². The Morgan fingerprint density at radius 3 is 2.40 bits per heavy atom. The molecule has 0 N–H and O–H groups in total. The third kappa shape index (κ3) is 2.81. The molecule has 1 heterocycles. The average molecular weight is 225 g/mol. The van der Waals surface area contributed by atoms with Crippen LogP contribution in [0.25, 0.3) is 6.08 Å². The smallest absolute Gasteiger partial charge is 0.185 e. The van der Waals surface area contributed by atoms with E-state index < -0.39 is 5.79 Å². The lowest BCUT2D eigenvalue weighted by molar-refractivity contribution is -0.0990. The van der Waals surface area contributed by atoms with E-state index in [2.05, 4.69) is 0 Å². The zero-order valence-electron chi connectivity index (χ0n) is 8.57. The molecule has 0 aliphatic carbocycles. The highest BCUT2D eigenvalue weighted by molar-refractivity contribution is 6.30. The van der Waals surface area contributed by atoms with Crippen LogP contribution >= 0.6 is 11.6 Å². The Kier molecular flexibility index (Phi) is 3.10. The molecule has 3 heteroatoms. The second kappa shape index (κ2) is 4.35. The van der Waals surface area contributed by atoms with E-state index in [-0.39, 0.29) is 0 Å². The number of halogens is 1. The van der Waals surface area contributed by atoms with Gasteiger partial charge < -0.3 is 9.47 Å². The second-order valence-electron chi connectivity index (χ2n) is 3.60. The van der Waals surface area contributed by atoms with Gasteiger partial charge in [0.25, 0.3) is 0 Å². The topological polar surface area (TPSA) is 18.5 Å². The van der Waals surface area contributed by atoms with Crippen molar-refractivity contribution in [2.75, 3.05) is 13.2 Å². The SMILES string of the molecule is CC1(/C=C/c2ccc(Cl)cc2)OCCO1. The zero-order valence-corrected chi connectivity index (χ0v) is 9.33. The fourth-order valence-electron chi connectivity index (χ4n) is 1.45. The van der Waals surface area contributed by atoms with Gasteiger partial charge in [0.2, 0.25) is 0 Å². The maximum Gasteiger partial charge on any atom is 0.185 e. The first-order chi connectivity index (χ1) is 7.18. The molecule has 0 atom stereocenters. The summed E-state index contributed by atoms with van der Waals surface area (Å²) >= 11 is 5.79. The Labute approximate surface area is 94.5 Å². The largest absolute Gasteiger partial charge is 0.344 e. The summed E-state index contributed by atoms with van der Waals surface area (Å²) in [6.07, 6.45) is 3.89. The summed E-state index contributed by atoms with van der Waals surface area (Å²) < 4.78 is 10.9. The van der Waals surface area contributed by atoms with Gasteiger partial charge in [-0.1, -0.05) is 29.8 Å². The molecular weight excluding hydrogens is 212 g/mol. The Morgan fingerprint density at radius 1 is 1.20 bits per heavy atom. The van der Waals surface area contributed by atoms with Gasteiger partial charge >= 0.3 is 0 Å². The molecule has 1 aliphatic rings. The zero-order chi connectivity index (χ0) is 10.7. The molecule has 0 radical (unpaired) electrons. The van der Waals surface area contributed by atoms with Gasteiger partial charge in [0.15, 0.2) is 5.79 Å². The third-order valence-corrected chi connectivity index (χ3v) is 2.56. The first-order valence-corrected chi connectivity index (χ1v) is 5.28. The molecule has 1 aromatic carbocycles. The minimum absolute atomic E-state index is 0.570. The minimum Gasteiger partial charge on any atom is -0.344 e. The van der Waals surface area contributed by atoms with Crippen molar-refractivity contribution in [1.82, 2.24) is 0 Å². The Bertz CT molecular complexity index is 350. The van der Waals surface area contributed by atoms with Crippen LogP contribution in [-0.2, 0) is 9.47 Å². The van der Waals surface area contributed by atoms with Crippen LogP contribution in [0.2, 0.25) is 5.02 Å². The molecule has 15 heavy (non-hydrogen) atoms. The van der Waals surface area contributed by atoms with Crippen molar-refractivity contribution in [2.24, 2.45) is 0 Å². The van der Waals surface area contributed by atoms with Crippen molar-refractivity contribution in [2.45, 2.75) is 12.7 Å². The summed E-state index contributed by atoms with van der Waals surface area (Å²) in [6.45, 7) is 3.22. The van der Waals surface area contributed by atoms with Gasteiger partial charge in [0.05, 0.1) is 13.2 Å². The van der Waals surface area contributed by atoms with Gasteiger partial charge in [-0.3, -0.25) is 0 Å². The van der Waals surface area contributed by atoms with Crippen molar-refractivity contribution < 1.29 is 9.47 Å². The summed E-state index contributed by atoms with van der Waals surface area (Å²) in [4.78, 5) is 0. The van der Waals surface area contributed by atoms with Crippen LogP contribution in [0.4, 0.5) is 0 Å². The predicted octanol–water partition coefficient (Wildman–Crippen LogP) is 3.12. The maximum absolute atomic E-state index is 5.79. The monoisotopic (exact) mass is 224 g/mol. The first-order valence-electron chi connectivity index (χ1n) is 4.91. The van der Waals surface area contributed by atoms with Gasteiger partial charge in [0, 0.05) is 5.02 Å². The van der Waals surface area contributed by atoms with Gasteiger partial charge in [-0.2, -0.15) is 0 Å². The average Bonchev–Trinajstić information content (AvgIpc) is 2.65. The Morgan fingerprint density at radius 2 is 1.80 bits per heavy atom. The summed E-state index contributed by atoms with van der Waals surface area (Å²) in [5, 5.41) is 0.742. The fraction of sp³-hybridized carbons (Fsp3) is 0.333. The van der Waals surface area contributed by atoms with Crippen LogP contribution in [0.3, 0.4) is 0 Å². The molecule has 2 nitrogen and oxygen atoms in total. The molecule has 0 bridgehead atoms. The standard InChI is InChI=1S/C12H13ClO2/c1-12(14-8-9-15-12)7-6-10-2-4-11(13)5-3-10/h2-7H,8-9H2,1H3/b7-6+. The molecule has 0 saturated carbocycles. The summed E-state index contributed by atoms with van der Waals surface area (Å²) in [5.41, 5.74) is 1.08. The number of benzene rings is 1. The van der Waals surface area contributed by atoms with E-state index in [1.54, 1.807) is 0 Å². The van der Waals surface area contributed by atoms with Crippen molar-refractivity contribution in [3.05, 3.63) is 40.9 Å². The fourth-order valence-corrected chi connectivity index (χ4v) is 1.57. The quantitative estimate of drug-likeness (QED) is 0.769. The van der Waals surface area contributed by atoms with Gasteiger partial charge in [-0.25, -0.2) is 0 Å². The molecule has 1 aliphatic heterocycles. The molecule has 0 spiro atoms. The summed E-state index contributed by atoms with van der Waals surface area (Å²) in [6, 6.07) is 7.63. The molecule has 2 rings (SSSR count). The van der Waals surface area contributed by atoms with Crippen LogP contribution in [0.1, 0.15) is 12.5 Å². The highest BCUT2D eigenvalue weighted by atomic mass is 35.5. The van der Waals surface area contributed by atoms with Crippen LogP contribution in [0.15, 0.2) is 30.3 Å². The minimum atomic E-state index is -0.570. The maximum atomic E-state index is 5.79. The second-order valence-corrected chi connectivity index (χ2v) is 4.03. The van der Waals surface area contributed by atoms with Crippen LogP contribution in [0, 0.1) is 0 Å². The van der Waals surface area contributed by atoms with Crippen LogP contribution in [0.5, 0.6) is 0 Å². The molecular formula is C12H13ClO2. The molecule has 0 aromatic heterocycles. The van der Waals surface area contributed by atoms with Crippen LogP contribution < -0.4 is 0 Å². The predicted molar refractivity (Wildman–Crippen MR) is 60.8 cm³/mol. The van der Waals surface area contributed by atoms with E-state index in [9.17, 15) is 0 Å². The molecule has 1 saturated heterocycles. The number of hydrogen-bond acceptors (Lipinski definition) is 2. The van der Waals surface area contributed by atoms with Crippen molar-refractivity contribution >= 4 is 17.7 Å². The Hall–Kier alpha value is -0.830. The molecule has 1 aromatic rings. The van der Waals surface area contributed by atoms with E-state index in [1.165, 1.54) is 0 Å². The summed E-state index contributed by atoms with van der Waals surface area (Å²) in [5.74, 6) is -0.570. The number of hydrogen-bond donors (Lipinski definition) is 0. The third-order valence-electron chi connectivity index (χ3n) is 2.31. The van der Waals surface area contributed by atoms with Crippen LogP contribution in [-0.4, -0.2) is 19.0 Å². The van der Waals surface area contributed by atoms with Crippen molar-refractivity contribution in [3.63, 3.8) is 0 Å². The van der Waals surface area contributed by atoms with Gasteiger partial charge in [-0.05, 0) is 30.7 Å². The van der Waals surface area contributed by atoms with Gasteiger partial charge in [-0.15, -0.1) is 0 Å². The molecule has 0 unspecified atom stereocenters. The highest BCUT2D eigenvalue weighted by Gasteiger charge is 2.27. The van der Waals surface area contributed by atoms with Gasteiger partial charge in [0.1, 0.15) is 0 Å². The van der Waals surface area contributed by atoms with E-state index in [0.717, 1.165) is 10.6 Å². The molecule has 0 amide bonds. The van der Waals surface area contributed by atoms with E-state index in [0.29, 0.717) is 13.2 Å². The van der Waals surface area contributed by atoms with Crippen molar-refractivity contribution in [1.29, 1.82) is 0 Å². The highest BCUT2D eigenvalue weighted by Crippen LogP contribution is 2.21. The lowest BCUT2D eigenvalue weighted by atomic mass is 10.2. The van der Waals surface area contributed by atoms with E-state index in [1.807, 2.05) is 43.3 Å².